The lowest BCUT2D eigenvalue weighted by atomic mass is 10.3. The standard InChI is InChI=1S/C13H21N3O4S/c1-10(2)16(9-13(15)17)21(18,19)8-7-20-12-6-4-3-5-11(12)14/h3-6,10H,7-9,14H2,1-2H3,(H2,15,17). The molecule has 1 aromatic rings. The number of sulfonamides is 1. The SMILES string of the molecule is CC(C)N(CC(N)=O)S(=O)(=O)CCOc1ccccc1N. The lowest BCUT2D eigenvalue weighted by Crippen LogP contribution is -2.44. The number of para-hydroxylation sites is 2. The van der Waals surface area contributed by atoms with Crippen LogP contribution in [0.15, 0.2) is 24.3 Å². The molecule has 7 nitrogen and oxygen atoms in total. The number of hydrogen-bond acceptors (Lipinski definition) is 5. The molecule has 4 N–H and O–H groups in total. The maximum absolute atomic E-state index is 12.2. The van der Waals surface area contributed by atoms with Gasteiger partial charge in [-0.05, 0) is 26.0 Å². The van der Waals surface area contributed by atoms with Gasteiger partial charge in [0.2, 0.25) is 15.9 Å². The molecule has 0 unspecified atom stereocenters. The van der Waals surface area contributed by atoms with E-state index < -0.39 is 15.9 Å². The molecule has 118 valence electrons. The third-order valence-corrected chi connectivity index (χ3v) is 4.71. The number of nitrogens with two attached hydrogens (primary N) is 2. The summed E-state index contributed by atoms with van der Waals surface area (Å²) in [6.45, 7) is 2.96. The van der Waals surface area contributed by atoms with E-state index in [0.717, 1.165) is 4.31 Å². The van der Waals surface area contributed by atoms with Crippen LogP contribution in [0.2, 0.25) is 0 Å². The van der Waals surface area contributed by atoms with Crippen molar-refractivity contribution in [3.63, 3.8) is 0 Å². The lowest BCUT2D eigenvalue weighted by Gasteiger charge is -2.24. The van der Waals surface area contributed by atoms with E-state index in [2.05, 4.69) is 0 Å². The van der Waals surface area contributed by atoms with Crippen LogP contribution in [0.3, 0.4) is 0 Å². The molecule has 0 radical (unpaired) electrons. The molecule has 0 fully saturated rings. The third kappa shape index (κ3) is 5.24. The van der Waals surface area contributed by atoms with E-state index in [1.807, 2.05) is 0 Å². The van der Waals surface area contributed by atoms with Crippen molar-refractivity contribution >= 4 is 21.6 Å². The van der Waals surface area contributed by atoms with Gasteiger partial charge in [-0.15, -0.1) is 0 Å². The van der Waals surface area contributed by atoms with E-state index >= 15 is 0 Å². The minimum Gasteiger partial charge on any atom is -0.490 e. The second kappa shape index (κ2) is 7.28. The molecule has 0 spiro atoms. The number of anilines is 1. The van der Waals surface area contributed by atoms with E-state index in [1.165, 1.54) is 0 Å². The monoisotopic (exact) mass is 315 g/mol. The molecule has 1 amide bonds. The highest BCUT2D eigenvalue weighted by molar-refractivity contribution is 7.89. The number of nitrogen functional groups attached to an aromatic ring is 1. The van der Waals surface area contributed by atoms with Crippen LogP contribution in [0.4, 0.5) is 5.69 Å². The fourth-order valence-corrected chi connectivity index (χ4v) is 3.24. The van der Waals surface area contributed by atoms with Gasteiger partial charge in [0.15, 0.2) is 0 Å². The number of rotatable bonds is 8. The Morgan fingerprint density at radius 1 is 1.33 bits per heavy atom. The van der Waals surface area contributed by atoms with Crippen molar-refractivity contribution in [2.45, 2.75) is 19.9 Å². The van der Waals surface area contributed by atoms with E-state index in [4.69, 9.17) is 16.2 Å². The summed E-state index contributed by atoms with van der Waals surface area (Å²) in [7, 11) is -3.63. The first-order chi connectivity index (χ1) is 9.74. The van der Waals surface area contributed by atoms with Crippen molar-refractivity contribution in [3.8, 4) is 5.75 Å². The zero-order chi connectivity index (χ0) is 16.0. The normalized spacial score (nSPS) is 11.8. The van der Waals surface area contributed by atoms with Crippen molar-refractivity contribution in [1.82, 2.24) is 4.31 Å². The van der Waals surface area contributed by atoms with Gasteiger partial charge < -0.3 is 16.2 Å². The largest absolute Gasteiger partial charge is 0.490 e. The molecule has 0 atom stereocenters. The fourth-order valence-electron chi connectivity index (χ4n) is 1.74. The predicted molar refractivity (Wildman–Crippen MR) is 81.2 cm³/mol. The molecule has 21 heavy (non-hydrogen) atoms. The molecule has 8 heteroatoms. The number of ether oxygens (including phenoxy) is 1. The van der Waals surface area contributed by atoms with Crippen molar-refractivity contribution in [2.75, 3.05) is 24.6 Å². The average Bonchev–Trinajstić information content (AvgIpc) is 2.37. The van der Waals surface area contributed by atoms with Crippen LogP contribution in [0.25, 0.3) is 0 Å². The fraction of sp³-hybridized carbons (Fsp3) is 0.462. The molecule has 0 aromatic heterocycles. The summed E-state index contributed by atoms with van der Waals surface area (Å²) in [6, 6.07) is 6.47. The Morgan fingerprint density at radius 2 is 1.95 bits per heavy atom. The van der Waals surface area contributed by atoms with Gasteiger partial charge in [-0.2, -0.15) is 4.31 Å². The summed E-state index contributed by atoms with van der Waals surface area (Å²) in [4.78, 5) is 11.0. The van der Waals surface area contributed by atoms with Crippen LogP contribution in [0.1, 0.15) is 13.8 Å². The maximum atomic E-state index is 12.2. The molecule has 1 rings (SSSR count). The van der Waals surface area contributed by atoms with Gasteiger partial charge in [-0.1, -0.05) is 12.1 Å². The van der Waals surface area contributed by atoms with Crippen molar-refractivity contribution in [1.29, 1.82) is 0 Å². The van der Waals surface area contributed by atoms with Gasteiger partial charge in [-0.25, -0.2) is 8.42 Å². The van der Waals surface area contributed by atoms with E-state index in [1.54, 1.807) is 38.1 Å². The van der Waals surface area contributed by atoms with Gasteiger partial charge in [0.05, 0.1) is 18.0 Å². The minimum atomic E-state index is -3.63. The van der Waals surface area contributed by atoms with Gasteiger partial charge in [0, 0.05) is 6.04 Å². The molecule has 0 aliphatic carbocycles. The molecule has 0 aliphatic heterocycles. The summed E-state index contributed by atoms with van der Waals surface area (Å²) in [5.74, 6) is -0.522. The number of carbonyl (C=O) groups excluding carboxylic acids is 1. The minimum absolute atomic E-state index is 0.0570. The Labute approximate surface area is 124 Å². The first-order valence-electron chi connectivity index (χ1n) is 6.49. The van der Waals surface area contributed by atoms with Crippen molar-refractivity contribution in [3.05, 3.63) is 24.3 Å². The van der Waals surface area contributed by atoms with Crippen LogP contribution in [0.5, 0.6) is 5.75 Å². The molecule has 0 saturated carbocycles. The molecular weight excluding hydrogens is 294 g/mol. The first kappa shape index (κ1) is 17.3. The Bertz CT molecular complexity index is 587. The van der Waals surface area contributed by atoms with Crippen LogP contribution in [-0.2, 0) is 14.8 Å². The van der Waals surface area contributed by atoms with E-state index in [-0.39, 0.29) is 24.9 Å². The zero-order valence-corrected chi connectivity index (χ0v) is 13.0. The highest BCUT2D eigenvalue weighted by atomic mass is 32.2. The molecule has 1 aromatic carbocycles. The number of amides is 1. The van der Waals surface area contributed by atoms with E-state index in [0.29, 0.717) is 11.4 Å². The van der Waals surface area contributed by atoms with E-state index in [9.17, 15) is 13.2 Å². The Balaban J connectivity index is 2.67. The molecule has 0 saturated heterocycles. The quantitative estimate of drug-likeness (QED) is 0.664. The Kier molecular flexibility index (Phi) is 5.98. The maximum Gasteiger partial charge on any atom is 0.232 e. The van der Waals surface area contributed by atoms with Crippen LogP contribution < -0.4 is 16.2 Å². The summed E-state index contributed by atoms with van der Waals surface area (Å²) >= 11 is 0. The van der Waals surface area contributed by atoms with Crippen molar-refractivity contribution < 1.29 is 17.9 Å². The predicted octanol–water partition coefficient (Wildman–Crippen LogP) is 0.173. The van der Waals surface area contributed by atoms with Crippen molar-refractivity contribution in [2.24, 2.45) is 5.73 Å². The van der Waals surface area contributed by atoms with Gasteiger partial charge in [0.25, 0.3) is 0 Å². The molecule has 0 aliphatic rings. The highest BCUT2D eigenvalue weighted by Gasteiger charge is 2.26. The summed E-state index contributed by atoms with van der Waals surface area (Å²) < 4.78 is 30.8. The van der Waals surface area contributed by atoms with Gasteiger partial charge in [0.1, 0.15) is 12.4 Å². The number of hydrogen-bond donors (Lipinski definition) is 2. The third-order valence-electron chi connectivity index (χ3n) is 2.76. The summed E-state index contributed by atoms with van der Waals surface area (Å²) in [6.07, 6.45) is 0. The topological polar surface area (TPSA) is 116 Å². The Morgan fingerprint density at radius 3 is 2.48 bits per heavy atom. The number of nitrogens with zero attached hydrogens (tertiary/aromatic N) is 1. The van der Waals surface area contributed by atoms with Gasteiger partial charge >= 0.3 is 0 Å². The van der Waals surface area contributed by atoms with Crippen LogP contribution in [-0.4, -0.2) is 43.6 Å². The summed E-state index contributed by atoms with van der Waals surface area (Å²) in [5, 5.41) is 0. The second-order valence-electron chi connectivity index (χ2n) is 4.81. The van der Waals surface area contributed by atoms with Gasteiger partial charge in [-0.3, -0.25) is 4.79 Å². The Hall–Kier alpha value is -1.80. The molecule has 0 heterocycles. The smallest absolute Gasteiger partial charge is 0.232 e. The average molecular weight is 315 g/mol. The summed E-state index contributed by atoms with van der Waals surface area (Å²) in [5.41, 5.74) is 11.2. The van der Waals surface area contributed by atoms with Crippen LogP contribution >= 0.6 is 0 Å². The zero-order valence-electron chi connectivity index (χ0n) is 12.2. The highest BCUT2D eigenvalue weighted by Crippen LogP contribution is 2.19. The first-order valence-corrected chi connectivity index (χ1v) is 8.10. The lowest BCUT2D eigenvalue weighted by molar-refractivity contribution is -0.118. The molecular formula is C13H21N3O4S. The number of benzene rings is 1. The number of primary amides is 1. The number of carbonyl (C=O) groups is 1. The van der Waals surface area contributed by atoms with Crippen LogP contribution in [0, 0.1) is 0 Å². The second-order valence-corrected chi connectivity index (χ2v) is 6.85. The molecule has 0 bridgehead atoms.